The molecule has 1 aliphatic carbocycles. The van der Waals surface area contributed by atoms with E-state index in [0.717, 1.165) is 25.3 Å². The first-order valence-corrected chi connectivity index (χ1v) is 10.3. The van der Waals surface area contributed by atoms with Gasteiger partial charge in [0.25, 0.3) is 5.56 Å². The van der Waals surface area contributed by atoms with Crippen molar-refractivity contribution in [1.82, 2.24) is 15.6 Å². The van der Waals surface area contributed by atoms with E-state index in [1.165, 1.54) is 6.07 Å². The highest BCUT2D eigenvalue weighted by Crippen LogP contribution is 2.35. The van der Waals surface area contributed by atoms with E-state index >= 15 is 0 Å². The number of hydrogen-bond acceptors (Lipinski definition) is 4. The fraction of sp³-hybridized carbons (Fsp3) is 0.348. The average molecular weight is 422 g/mol. The van der Waals surface area contributed by atoms with Gasteiger partial charge >= 0.3 is 0 Å². The molecule has 2 aliphatic rings. The van der Waals surface area contributed by atoms with E-state index in [0.29, 0.717) is 22.9 Å². The molecular weight excluding hydrogens is 402 g/mol. The Morgan fingerprint density at radius 1 is 1.19 bits per heavy atom. The minimum absolute atomic E-state index is 0.0489. The van der Waals surface area contributed by atoms with Crippen molar-refractivity contribution in [3.8, 4) is 6.07 Å². The van der Waals surface area contributed by atoms with Gasteiger partial charge in [0, 0.05) is 29.3 Å². The number of nitrogens with zero attached hydrogens (tertiary/aromatic N) is 1. The lowest BCUT2D eigenvalue weighted by Gasteiger charge is -2.23. The van der Waals surface area contributed by atoms with Crippen LogP contribution >= 0.6 is 0 Å². The number of pyridine rings is 1. The summed E-state index contributed by atoms with van der Waals surface area (Å²) < 4.78 is 27.8. The number of nitriles is 1. The highest BCUT2D eigenvalue weighted by Gasteiger charge is 2.43. The second kappa shape index (κ2) is 7.43. The first-order chi connectivity index (χ1) is 14.9. The van der Waals surface area contributed by atoms with Gasteiger partial charge in [-0.25, -0.2) is 8.78 Å². The zero-order valence-corrected chi connectivity index (χ0v) is 16.5. The molecule has 3 aromatic rings. The lowest BCUT2D eigenvalue weighted by molar-refractivity contribution is -0.124. The zero-order valence-electron chi connectivity index (χ0n) is 16.5. The predicted octanol–water partition coefficient (Wildman–Crippen LogP) is 2.65. The molecule has 6 nitrogen and oxygen atoms in total. The standard InChI is InChI=1S/C23H20F2N4O2/c24-13-8-17-16-4-1-11(6-18(16)22(30)29-21(17)19(25)9-13)5-15(10-26)28-23(31)20-12-2-3-14(7-12)27-20/h1,4,6,8-9,12,14-15,20,27H,2-3,5,7H2,(H,28,31)(H,29,30)/t12-,14+,15?,20-/m0/s1. The Morgan fingerprint density at radius 3 is 2.74 bits per heavy atom. The van der Waals surface area contributed by atoms with Crippen LogP contribution in [0, 0.1) is 28.9 Å². The van der Waals surface area contributed by atoms with Gasteiger partial charge in [0.15, 0.2) is 0 Å². The number of hydrogen-bond donors (Lipinski definition) is 3. The molecule has 1 saturated carbocycles. The lowest BCUT2D eigenvalue weighted by Crippen LogP contribution is -2.50. The highest BCUT2D eigenvalue weighted by molar-refractivity contribution is 6.05. The predicted molar refractivity (Wildman–Crippen MR) is 111 cm³/mol. The molecule has 1 aliphatic heterocycles. The number of amides is 1. The first kappa shape index (κ1) is 19.6. The van der Waals surface area contributed by atoms with Crippen molar-refractivity contribution in [3.05, 3.63) is 57.9 Å². The molecule has 1 unspecified atom stereocenters. The topological polar surface area (TPSA) is 97.8 Å². The van der Waals surface area contributed by atoms with Gasteiger partial charge in [-0.05, 0) is 48.3 Å². The van der Waals surface area contributed by atoms with Crippen LogP contribution < -0.4 is 16.2 Å². The summed E-state index contributed by atoms with van der Waals surface area (Å²) in [5.74, 6) is -1.42. The number of benzene rings is 2. The molecule has 1 aromatic heterocycles. The minimum Gasteiger partial charge on any atom is -0.339 e. The van der Waals surface area contributed by atoms with Crippen molar-refractivity contribution >= 4 is 27.6 Å². The maximum Gasteiger partial charge on any atom is 0.256 e. The molecule has 4 atom stereocenters. The summed E-state index contributed by atoms with van der Waals surface area (Å²) in [6, 6.07) is 8.32. The van der Waals surface area contributed by atoms with E-state index in [4.69, 9.17) is 0 Å². The van der Waals surface area contributed by atoms with Crippen molar-refractivity contribution in [1.29, 1.82) is 5.26 Å². The molecule has 0 radical (unpaired) electrons. The van der Waals surface area contributed by atoms with Crippen LogP contribution in [-0.2, 0) is 11.2 Å². The van der Waals surface area contributed by atoms with Crippen molar-refractivity contribution in [2.75, 3.05) is 0 Å². The molecule has 2 bridgehead atoms. The Balaban J connectivity index is 1.41. The third-order valence-corrected chi connectivity index (χ3v) is 6.47. The van der Waals surface area contributed by atoms with Crippen LogP contribution in [0.2, 0.25) is 0 Å². The fourth-order valence-electron chi connectivity index (χ4n) is 5.01. The Labute approximate surface area is 176 Å². The number of carbonyl (C=O) groups excluding carboxylic acids is 1. The summed E-state index contributed by atoms with van der Waals surface area (Å²) >= 11 is 0. The van der Waals surface area contributed by atoms with Gasteiger partial charge in [-0.3, -0.25) is 9.59 Å². The van der Waals surface area contributed by atoms with Crippen LogP contribution in [0.3, 0.4) is 0 Å². The summed E-state index contributed by atoms with van der Waals surface area (Å²) in [4.78, 5) is 27.6. The Hall–Kier alpha value is -3.31. The van der Waals surface area contributed by atoms with Crippen LogP contribution in [0.15, 0.2) is 35.1 Å². The fourth-order valence-corrected chi connectivity index (χ4v) is 5.01. The second-order valence-electron chi connectivity index (χ2n) is 8.45. The number of piperidine rings is 1. The van der Waals surface area contributed by atoms with Crippen LogP contribution in [-0.4, -0.2) is 29.0 Å². The molecule has 1 saturated heterocycles. The monoisotopic (exact) mass is 422 g/mol. The molecule has 158 valence electrons. The quantitative estimate of drug-likeness (QED) is 0.563. The summed E-state index contributed by atoms with van der Waals surface area (Å²) in [7, 11) is 0. The van der Waals surface area contributed by atoms with Crippen molar-refractivity contribution in [3.63, 3.8) is 0 Å². The van der Waals surface area contributed by atoms with Crippen molar-refractivity contribution in [2.24, 2.45) is 5.92 Å². The third kappa shape index (κ3) is 3.45. The summed E-state index contributed by atoms with van der Waals surface area (Å²) in [6.07, 6.45) is 3.33. The maximum atomic E-state index is 14.1. The number of halogens is 2. The normalized spacial score (nSPS) is 23.2. The highest BCUT2D eigenvalue weighted by atomic mass is 19.1. The molecule has 1 amide bonds. The number of aromatic amines is 1. The maximum absolute atomic E-state index is 14.1. The van der Waals surface area contributed by atoms with Gasteiger partial charge in [-0.15, -0.1) is 0 Å². The molecule has 0 spiro atoms. The van der Waals surface area contributed by atoms with Gasteiger partial charge in [0.05, 0.1) is 17.6 Å². The Bertz CT molecular complexity index is 1310. The molecule has 5 rings (SSSR count). The number of nitrogens with one attached hydrogen (secondary N) is 3. The van der Waals surface area contributed by atoms with E-state index in [1.807, 2.05) is 0 Å². The van der Waals surface area contributed by atoms with Crippen LogP contribution in [0.4, 0.5) is 8.78 Å². The van der Waals surface area contributed by atoms with Gasteiger partial charge in [-0.1, -0.05) is 12.1 Å². The third-order valence-electron chi connectivity index (χ3n) is 6.47. The molecular formula is C23H20F2N4O2. The molecule has 8 heteroatoms. The number of H-pyrrole nitrogens is 1. The average Bonchev–Trinajstić information content (AvgIpc) is 3.38. The molecule has 2 heterocycles. The van der Waals surface area contributed by atoms with Crippen molar-refractivity contribution in [2.45, 2.75) is 43.8 Å². The smallest absolute Gasteiger partial charge is 0.256 e. The van der Waals surface area contributed by atoms with E-state index in [9.17, 15) is 23.6 Å². The second-order valence-corrected chi connectivity index (χ2v) is 8.45. The minimum atomic E-state index is -0.834. The number of aromatic nitrogens is 1. The molecule has 2 aromatic carbocycles. The Kier molecular flexibility index (Phi) is 4.71. The van der Waals surface area contributed by atoms with Crippen LogP contribution in [0.25, 0.3) is 21.7 Å². The van der Waals surface area contributed by atoms with Gasteiger partial charge in [-0.2, -0.15) is 5.26 Å². The van der Waals surface area contributed by atoms with E-state index in [2.05, 4.69) is 21.7 Å². The van der Waals surface area contributed by atoms with Crippen molar-refractivity contribution < 1.29 is 13.6 Å². The van der Waals surface area contributed by atoms with Gasteiger partial charge in [0.2, 0.25) is 5.91 Å². The first-order valence-electron chi connectivity index (χ1n) is 10.3. The molecule has 2 fully saturated rings. The summed E-state index contributed by atoms with van der Waals surface area (Å²) in [5, 5.41) is 16.6. The Morgan fingerprint density at radius 2 is 2.03 bits per heavy atom. The largest absolute Gasteiger partial charge is 0.339 e. The summed E-state index contributed by atoms with van der Waals surface area (Å²) in [6.45, 7) is 0. The molecule has 3 N–H and O–H groups in total. The van der Waals surface area contributed by atoms with Gasteiger partial charge < -0.3 is 15.6 Å². The lowest BCUT2D eigenvalue weighted by atomic mass is 9.98. The van der Waals surface area contributed by atoms with E-state index in [-0.39, 0.29) is 34.7 Å². The summed E-state index contributed by atoms with van der Waals surface area (Å²) in [5.41, 5.74) is 0.118. The van der Waals surface area contributed by atoms with E-state index < -0.39 is 23.2 Å². The zero-order chi connectivity index (χ0) is 21.7. The number of carbonyl (C=O) groups is 1. The SMILES string of the molecule is N#CC(Cc1ccc2c(c1)c(=O)[nH]c1c(F)cc(F)cc12)NC(=O)[C@H]1N[C@@H]2CC[C@H]1C2. The van der Waals surface area contributed by atoms with E-state index in [1.54, 1.807) is 18.2 Å². The number of rotatable bonds is 4. The number of fused-ring (bicyclic) bond motifs is 5. The van der Waals surface area contributed by atoms with Crippen LogP contribution in [0.1, 0.15) is 24.8 Å². The van der Waals surface area contributed by atoms with Crippen LogP contribution in [0.5, 0.6) is 0 Å². The van der Waals surface area contributed by atoms with Gasteiger partial charge in [0.1, 0.15) is 17.7 Å². The molecule has 31 heavy (non-hydrogen) atoms.